The summed E-state index contributed by atoms with van der Waals surface area (Å²) in [6.07, 6.45) is 2.76. The van der Waals surface area contributed by atoms with Crippen LogP contribution in [0.15, 0.2) is 65.6 Å². The van der Waals surface area contributed by atoms with Crippen LogP contribution >= 0.6 is 35.3 Å². The molecule has 7 heteroatoms. The van der Waals surface area contributed by atoms with E-state index in [0.717, 1.165) is 21.9 Å². The van der Waals surface area contributed by atoms with E-state index in [2.05, 4.69) is 22.8 Å². The van der Waals surface area contributed by atoms with Gasteiger partial charge in [-0.05, 0) is 42.2 Å². The molecule has 1 heterocycles. The number of carbonyl (C=O) groups is 1. The second-order valence-electron chi connectivity index (χ2n) is 5.89. The van der Waals surface area contributed by atoms with Crippen LogP contribution in [0.2, 0.25) is 0 Å². The maximum absolute atomic E-state index is 12.2. The van der Waals surface area contributed by atoms with Crippen LogP contribution in [0.25, 0.3) is 0 Å². The van der Waals surface area contributed by atoms with E-state index in [0.29, 0.717) is 15.7 Å². The molecule has 0 bridgehead atoms. The number of thiocarbonyl (C=S) groups is 1. The molecule has 0 atom stereocenters. The van der Waals surface area contributed by atoms with Crippen molar-refractivity contribution in [2.75, 3.05) is 24.0 Å². The minimum Gasteiger partial charge on any atom is -0.465 e. The molecule has 0 saturated heterocycles. The molecule has 0 aliphatic carbocycles. The standard InChI is InChI=1S/C21H20N2O2S3/c1-25-20(24)16-13-15(12-14-8-4-3-5-9-14)28-19(16)23-21(26)22-17-10-6-7-11-18(17)27-2/h3-11,13H,12H2,1-2H3,(H2,22,23,26). The number of esters is 1. The number of hydrogen-bond acceptors (Lipinski definition) is 5. The highest BCUT2D eigenvalue weighted by Gasteiger charge is 2.18. The van der Waals surface area contributed by atoms with Gasteiger partial charge >= 0.3 is 5.97 Å². The molecule has 1 aromatic heterocycles. The Morgan fingerprint density at radius 1 is 1.11 bits per heavy atom. The molecule has 0 aliphatic rings. The van der Waals surface area contributed by atoms with E-state index < -0.39 is 0 Å². The summed E-state index contributed by atoms with van der Waals surface area (Å²) in [7, 11) is 1.38. The van der Waals surface area contributed by atoms with Crippen molar-refractivity contribution in [3.63, 3.8) is 0 Å². The fourth-order valence-corrected chi connectivity index (χ4v) is 4.60. The number of anilines is 2. The van der Waals surface area contributed by atoms with Crippen molar-refractivity contribution >= 4 is 57.1 Å². The first-order valence-corrected chi connectivity index (χ1v) is 11.0. The molecule has 0 aliphatic heterocycles. The number of ether oxygens (including phenoxy) is 1. The van der Waals surface area contributed by atoms with E-state index in [4.69, 9.17) is 17.0 Å². The predicted octanol–water partition coefficient (Wildman–Crippen LogP) is 5.66. The van der Waals surface area contributed by atoms with Gasteiger partial charge in [-0.2, -0.15) is 0 Å². The Hall–Kier alpha value is -2.35. The highest BCUT2D eigenvalue weighted by atomic mass is 32.2. The lowest BCUT2D eigenvalue weighted by molar-refractivity contribution is 0.0602. The summed E-state index contributed by atoms with van der Waals surface area (Å²) in [6, 6.07) is 19.9. The van der Waals surface area contributed by atoms with Crippen LogP contribution in [0.4, 0.5) is 10.7 Å². The minimum atomic E-state index is -0.384. The van der Waals surface area contributed by atoms with E-state index in [-0.39, 0.29) is 5.97 Å². The molecule has 2 N–H and O–H groups in total. The number of rotatable bonds is 6. The number of hydrogen-bond donors (Lipinski definition) is 2. The first kappa shape index (κ1) is 20.4. The smallest absolute Gasteiger partial charge is 0.340 e. The van der Waals surface area contributed by atoms with Crippen LogP contribution in [0, 0.1) is 0 Å². The summed E-state index contributed by atoms with van der Waals surface area (Å²) in [5.41, 5.74) is 2.59. The molecular weight excluding hydrogens is 408 g/mol. The number of nitrogens with one attached hydrogen (secondary N) is 2. The monoisotopic (exact) mass is 428 g/mol. The zero-order valence-corrected chi connectivity index (χ0v) is 18.0. The van der Waals surface area contributed by atoms with Gasteiger partial charge in [-0.1, -0.05) is 42.5 Å². The summed E-state index contributed by atoms with van der Waals surface area (Å²) >= 11 is 8.61. The molecule has 0 spiro atoms. The second-order valence-corrected chi connectivity index (χ2v) is 8.28. The molecular formula is C21H20N2O2S3. The lowest BCUT2D eigenvalue weighted by Gasteiger charge is -2.12. The summed E-state index contributed by atoms with van der Waals surface area (Å²) in [5.74, 6) is -0.384. The van der Waals surface area contributed by atoms with Crippen LogP contribution in [0.3, 0.4) is 0 Å². The highest BCUT2D eigenvalue weighted by molar-refractivity contribution is 7.98. The molecule has 0 saturated carbocycles. The number of thioether (sulfide) groups is 1. The Balaban J connectivity index is 1.79. The third-order valence-corrected chi connectivity index (χ3v) is 6.04. The Kier molecular flexibility index (Phi) is 7.08. The Labute approximate surface area is 178 Å². The predicted molar refractivity (Wildman–Crippen MR) is 123 cm³/mol. The topological polar surface area (TPSA) is 50.4 Å². The number of thiophene rings is 1. The maximum atomic E-state index is 12.2. The van der Waals surface area contributed by atoms with Crippen molar-refractivity contribution in [1.29, 1.82) is 0 Å². The summed E-state index contributed by atoms with van der Waals surface area (Å²) in [5, 5.41) is 7.48. The van der Waals surface area contributed by atoms with E-state index in [1.165, 1.54) is 24.0 Å². The van der Waals surface area contributed by atoms with Gasteiger partial charge in [-0.25, -0.2) is 4.79 Å². The van der Waals surface area contributed by atoms with Crippen molar-refractivity contribution in [3.05, 3.63) is 76.7 Å². The molecule has 4 nitrogen and oxygen atoms in total. The zero-order chi connectivity index (χ0) is 19.9. The van der Waals surface area contributed by atoms with Crippen molar-refractivity contribution in [2.45, 2.75) is 11.3 Å². The van der Waals surface area contributed by atoms with Gasteiger partial charge in [0.15, 0.2) is 5.11 Å². The van der Waals surface area contributed by atoms with E-state index in [1.54, 1.807) is 11.8 Å². The van der Waals surface area contributed by atoms with Gasteiger partial charge in [0.1, 0.15) is 5.00 Å². The first-order chi connectivity index (χ1) is 13.6. The van der Waals surface area contributed by atoms with Gasteiger partial charge in [0, 0.05) is 16.2 Å². The molecule has 0 amide bonds. The Bertz CT molecular complexity index is 971. The number of carbonyl (C=O) groups excluding carboxylic acids is 1. The molecule has 3 aromatic rings. The van der Waals surface area contributed by atoms with E-state index in [9.17, 15) is 4.79 Å². The summed E-state index contributed by atoms with van der Waals surface area (Å²) in [6.45, 7) is 0. The lowest BCUT2D eigenvalue weighted by Crippen LogP contribution is -2.20. The average molecular weight is 429 g/mol. The van der Waals surface area contributed by atoms with Crippen LogP contribution in [0.5, 0.6) is 0 Å². The number of benzene rings is 2. The number of para-hydroxylation sites is 1. The van der Waals surface area contributed by atoms with Gasteiger partial charge in [0.2, 0.25) is 0 Å². The van der Waals surface area contributed by atoms with Crippen molar-refractivity contribution in [1.82, 2.24) is 0 Å². The quantitative estimate of drug-likeness (QED) is 0.300. The summed E-state index contributed by atoms with van der Waals surface area (Å²) in [4.78, 5) is 14.4. The van der Waals surface area contributed by atoms with Gasteiger partial charge in [0.05, 0.1) is 18.4 Å². The molecule has 28 heavy (non-hydrogen) atoms. The third kappa shape index (κ3) is 5.13. The largest absolute Gasteiger partial charge is 0.465 e. The molecule has 2 aromatic carbocycles. The van der Waals surface area contributed by atoms with Crippen LogP contribution in [-0.2, 0) is 11.2 Å². The normalized spacial score (nSPS) is 10.4. The molecule has 144 valence electrons. The molecule has 0 unspecified atom stereocenters. The van der Waals surface area contributed by atoms with Gasteiger partial charge < -0.3 is 15.4 Å². The Morgan fingerprint density at radius 2 is 1.82 bits per heavy atom. The summed E-state index contributed by atoms with van der Waals surface area (Å²) < 4.78 is 4.94. The SMILES string of the molecule is COC(=O)c1cc(Cc2ccccc2)sc1NC(=S)Nc1ccccc1SC. The molecule has 3 rings (SSSR count). The van der Waals surface area contributed by atoms with E-state index in [1.807, 2.05) is 54.8 Å². The minimum absolute atomic E-state index is 0.384. The third-order valence-electron chi connectivity index (χ3n) is 3.99. The Morgan fingerprint density at radius 3 is 2.54 bits per heavy atom. The second kappa shape index (κ2) is 9.73. The average Bonchev–Trinajstić information content (AvgIpc) is 3.10. The van der Waals surface area contributed by atoms with E-state index >= 15 is 0 Å². The van der Waals surface area contributed by atoms with Gasteiger partial charge in [0.25, 0.3) is 0 Å². The fourth-order valence-electron chi connectivity index (χ4n) is 2.69. The van der Waals surface area contributed by atoms with Crippen LogP contribution < -0.4 is 10.6 Å². The van der Waals surface area contributed by atoms with Crippen molar-refractivity contribution < 1.29 is 9.53 Å². The molecule has 0 fully saturated rings. The zero-order valence-electron chi connectivity index (χ0n) is 15.5. The number of methoxy groups -OCH3 is 1. The van der Waals surface area contributed by atoms with Gasteiger partial charge in [-0.15, -0.1) is 23.1 Å². The highest BCUT2D eigenvalue weighted by Crippen LogP contribution is 2.31. The van der Waals surface area contributed by atoms with Crippen LogP contribution in [-0.4, -0.2) is 24.4 Å². The van der Waals surface area contributed by atoms with Crippen molar-refractivity contribution in [2.24, 2.45) is 0 Å². The van der Waals surface area contributed by atoms with Crippen LogP contribution in [0.1, 0.15) is 20.8 Å². The molecule has 0 radical (unpaired) electrons. The lowest BCUT2D eigenvalue weighted by atomic mass is 10.1. The fraction of sp³-hybridized carbons (Fsp3) is 0.143. The first-order valence-electron chi connectivity index (χ1n) is 8.56. The van der Waals surface area contributed by atoms with Gasteiger partial charge in [-0.3, -0.25) is 0 Å². The maximum Gasteiger partial charge on any atom is 0.340 e. The van der Waals surface area contributed by atoms with Crippen molar-refractivity contribution in [3.8, 4) is 0 Å².